The van der Waals surface area contributed by atoms with E-state index in [0.717, 1.165) is 68.1 Å². The topological polar surface area (TPSA) is 91.4 Å². The lowest BCUT2D eigenvalue weighted by molar-refractivity contribution is 0.424. The average molecular weight is 528 g/mol. The third-order valence-electron chi connectivity index (χ3n) is 7.23. The Kier molecular flexibility index (Phi) is 6.14. The van der Waals surface area contributed by atoms with E-state index in [-0.39, 0.29) is 40.2 Å². The molecule has 1 fully saturated rings. The van der Waals surface area contributed by atoms with Crippen molar-refractivity contribution >= 4 is 34.1 Å². The summed E-state index contributed by atoms with van der Waals surface area (Å²) in [6.45, 7) is 1.55. The van der Waals surface area contributed by atoms with Crippen molar-refractivity contribution in [1.29, 1.82) is 0 Å². The number of hydrogen-bond acceptors (Lipinski definition) is 6. The highest BCUT2D eigenvalue weighted by Gasteiger charge is 2.27. The Hall–Kier alpha value is -3.40. The quantitative estimate of drug-likeness (QED) is 0.271. The summed E-state index contributed by atoms with van der Waals surface area (Å²) in [6.07, 6.45) is 7.87. The van der Waals surface area contributed by atoms with Crippen molar-refractivity contribution in [3.63, 3.8) is 0 Å². The van der Waals surface area contributed by atoms with E-state index in [1.807, 2.05) is 0 Å². The first-order valence-corrected chi connectivity index (χ1v) is 12.8. The molecule has 0 bridgehead atoms. The number of aromatic amines is 1. The monoisotopic (exact) mass is 527 g/mol. The van der Waals surface area contributed by atoms with Crippen LogP contribution in [0.25, 0.3) is 22.3 Å². The molecule has 1 aromatic carbocycles. The lowest BCUT2D eigenvalue weighted by Crippen LogP contribution is -2.35. The molecule has 6 rings (SSSR count). The highest BCUT2D eigenvalue weighted by Crippen LogP contribution is 2.33. The van der Waals surface area contributed by atoms with E-state index in [1.54, 1.807) is 6.92 Å². The fraction of sp³-hybridized carbons (Fsp3) is 0.385. The first-order chi connectivity index (χ1) is 17.9. The second kappa shape index (κ2) is 9.48. The van der Waals surface area contributed by atoms with Gasteiger partial charge in [0.15, 0.2) is 17.5 Å². The lowest BCUT2D eigenvalue weighted by atomic mass is 9.90. The number of H-pyrrole nitrogens is 1. The Labute approximate surface area is 216 Å². The molecule has 7 nitrogen and oxygen atoms in total. The SMILES string of the molecule is Cc1nc(-c2c[nH]c3c(F)cc(F)cc23)nc(N[C@H]2CCC[C@@H](Nc3nc(Cl)nc4c3CCC4)C2)c1F. The van der Waals surface area contributed by atoms with Gasteiger partial charge in [0.2, 0.25) is 5.28 Å². The van der Waals surface area contributed by atoms with E-state index < -0.39 is 17.5 Å². The van der Waals surface area contributed by atoms with Crippen LogP contribution >= 0.6 is 11.6 Å². The van der Waals surface area contributed by atoms with Crippen LogP contribution in [-0.2, 0) is 12.8 Å². The molecule has 4 aromatic rings. The molecular weight excluding hydrogens is 503 g/mol. The van der Waals surface area contributed by atoms with Gasteiger partial charge in [0.1, 0.15) is 17.5 Å². The normalized spacial score (nSPS) is 19.3. The summed E-state index contributed by atoms with van der Waals surface area (Å²) in [5.41, 5.74) is 2.84. The highest BCUT2D eigenvalue weighted by molar-refractivity contribution is 6.28. The van der Waals surface area contributed by atoms with Gasteiger partial charge in [0.25, 0.3) is 0 Å². The number of aryl methyl sites for hydroxylation is 2. The van der Waals surface area contributed by atoms with Gasteiger partial charge >= 0.3 is 0 Å². The molecule has 2 aliphatic rings. The Bertz CT molecular complexity index is 1510. The first-order valence-electron chi connectivity index (χ1n) is 12.4. The van der Waals surface area contributed by atoms with Gasteiger partial charge in [-0.2, -0.15) is 0 Å². The molecule has 0 amide bonds. The number of nitrogens with one attached hydrogen (secondary N) is 3. The third kappa shape index (κ3) is 4.58. The van der Waals surface area contributed by atoms with Crippen molar-refractivity contribution in [2.75, 3.05) is 10.6 Å². The number of rotatable bonds is 5. The maximum atomic E-state index is 15.1. The minimum Gasteiger partial charge on any atom is -0.367 e. The molecule has 0 aliphatic heterocycles. The van der Waals surface area contributed by atoms with Crippen LogP contribution in [0.3, 0.4) is 0 Å². The Morgan fingerprint density at radius 2 is 1.73 bits per heavy atom. The number of hydrogen-bond donors (Lipinski definition) is 3. The molecular formula is C26H25ClF3N7. The molecule has 2 aliphatic carbocycles. The Balaban J connectivity index is 1.24. The van der Waals surface area contributed by atoms with Gasteiger partial charge < -0.3 is 15.6 Å². The molecule has 3 aromatic heterocycles. The van der Waals surface area contributed by atoms with Crippen molar-refractivity contribution in [3.05, 3.63) is 58.0 Å². The van der Waals surface area contributed by atoms with Crippen LogP contribution in [0.5, 0.6) is 0 Å². The number of aromatic nitrogens is 5. The van der Waals surface area contributed by atoms with E-state index in [2.05, 4.69) is 35.6 Å². The summed E-state index contributed by atoms with van der Waals surface area (Å²) in [5.74, 6) is -0.909. The number of anilines is 2. The predicted octanol–water partition coefficient (Wildman–Crippen LogP) is 6.12. The van der Waals surface area contributed by atoms with E-state index in [4.69, 9.17) is 11.6 Å². The second-order valence-electron chi connectivity index (χ2n) is 9.78. The van der Waals surface area contributed by atoms with Gasteiger partial charge in [0.05, 0.1) is 16.9 Å². The fourth-order valence-electron chi connectivity index (χ4n) is 5.48. The lowest BCUT2D eigenvalue weighted by Gasteiger charge is -2.31. The first kappa shape index (κ1) is 24.0. The van der Waals surface area contributed by atoms with Crippen LogP contribution in [0.4, 0.5) is 24.8 Å². The molecule has 2 atom stereocenters. The third-order valence-corrected chi connectivity index (χ3v) is 7.39. The molecule has 192 valence electrons. The minimum absolute atomic E-state index is 0.0360. The zero-order valence-electron chi connectivity index (χ0n) is 20.1. The zero-order chi connectivity index (χ0) is 25.7. The van der Waals surface area contributed by atoms with Crippen LogP contribution in [0.15, 0.2) is 18.3 Å². The van der Waals surface area contributed by atoms with Crippen molar-refractivity contribution in [2.45, 2.75) is 64.0 Å². The van der Waals surface area contributed by atoms with E-state index in [1.165, 1.54) is 12.3 Å². The van der Waals surface area contributed by atoms with Crippen molar-refractivity contribution in [2.24, 2.45) is 0 Å². The molecule has 3 heterocycles. The van der Waals surface area contributed by atoms with Crippen LogP contribution in [0.2, 0.25) is 5.28 Å². The summed E-state index contributed by atoms with van der Waals surface area (Å²) in [7, 11) is 0. The maximum absolute atomic E-state index is 15.1. The number of fused-ring (bicyclic) bond motifs is 2. The van der Waals surface area contributed by atoms with Gasteiger partial charge in [-0.1, -0.05) is 0 Å². The van der Waals surface area contributed by atoms with Crippen LogP contribution < -0.4 is 10.6 Å². The predicted molar refractivity (Wildman–Crippen MR) is 136 cm³/mol. The van der Waals surface area contributed by atoms with Crippen LogP contribution in [0.1, 0.15) is 49.1 Å². The van der Waals surface area contributed by atoms with Crippen LogP contribution in [0, 0.1) is 24.4 Å². The molecule has 0 spiro atoms. The van der Waals surface area contributed by atoms with E-state index in [9.17, 15) is 8.78 Å². The van der Waals surface area contributed by atoms with Gasteiger partial charge in [-0.05, 0) is 69.5 Å². The van der Waals surface area contributed by atoms with Crippen molar-refractivity contribution < 1.29 is 13.2 Å². The fourth-order valence-corrected chi connectivity index (χ4v) is 5.66. The maximum Gasteiger partial charge on any atom is 0.224 e. The number of benzene rings is 1. The smallest absolute Gasteiger partial charge is 0.224 e. The standard InChI is InChI=1S/C26H25ClF3N7/c1-12-21(30)25(36-24(32-12)18-11-31-22-17(18)8-13(28)9-19(22)29)34-15-5-2-4-14(10-15)33-23-16-6-3-7-20(16)35-26(27)37-23/h8-9,11,14-15,31H,2-7,10H2,1H3,(H,32,34,36)(H,33,35,37)/t14-,15+/m1/s1. The summed E-state index contributed by atoms with van der Waals surface area (Å²) >= 11 is 6.15. The number of nitrogens with zero attached hydrogens (tertiary/aromatic N) is 4. The molecule has 37 heavy (non-hydrogen) atoms. The van der Waals surface area contributed by atoms with Gasteiger partial charge in [0, 0.05) is 40.9 Å². The highest BCUT2D eigenvalue weighted by atomic mass is 35.5. The molecule has 0 radical (unpaired) electrons. The molecule has 0 saturated heterocycles. The Morgan fingerprint density at radius 1 is 0.946 bits per heavy atom. The largest absolute Gasteiger partial charge is 0.367 e. The van der Waals surface area contributed by atoms with Gasteiger partial charge in [-0.3, -0.25) is 0 Å². The summed E-state index contributed by atoms with van der Waals surface area (Å²) in [4.78, 5) is 20.3. The average Bonchev–Trinajstić information content (AvgIpc) is 3.49. The van der Waals surface area contributed by atoms with Gasteiger partial charge in [-0.15, -0.1) is 0 Å². The molecule has 3 N–H and O–H groups in total. The van der Waals surface area contributed by atoms with E-state index >= 15 is 4.39 Å². The second-order valence-corrected chi connectivity index (χ2v) is 10.1. The van der Waals surface area contributed by atoms with Crippen molar-refractivity contribution in [1.82, 2.24) is 24.9 Å². The zero-order valence-corrected chi connectivity index (χ0v) is 20.9. The number of halogens is 4. The Morgan fingerprint density at radius 3 is 2.54 bits per heavy atom. The minimum atomic E-state index is -0.713. The van der Waals surface area contributed by atoms with E-state index in [0.29, 0.717) is 10.9 Å². The van der Waals surface area contributed by atoms with Crippen molar-refractivity contribution in [3.8, 4) is 11.4 Å². The van der Waals surface area contributed by atoms with Crippen LogP contribution in [-0.4, -0.2) is 37.0 Å². The molecule has 1 saturated carbocycles. The molecule has 0 unspecified atom stereocenters. The summed E-state index contributed by atoms with van der Waals surface area (Å²) in [5, 5.41) is 7.36. The molecule has 11 heteroatoms. The summed E-state index contributed by atoms with van der Waals surface area (Å²) in [6, 6.07) is 2.12. The summed E-state index contributed by atoms with van der Waals surface area (Å²) < 4.78 is 43.2. The van der Waals surface area contributed by atoms with Gasteiger partial charge in [-0.25, -0.2) is 33.1 Å².